The zero-order chi connectivity index (χ0) is 16.8. The maximum Gasteiger partial charge on any atom is 0.203 e. The van der Waals surface area contributed by atoms with E-state index >= 15 is 0 Å². The maximum atomic E-state index is 13.0. The first-order valence-corrected chi connectivity index (χ1v) is 7.37. The second-order valence-electron chi connectivity index (χ2n) is 5.22. The van der Waals surface area contributed by atoms with Crippen LogP contribution in [0, 0.1) is 5.82 Å². The first-order valence-electron chi connectivity index (χ1n) is 7.37. The van der Waals surface area contributed by atoms with Crippen LogP contribution in [0.25, 0.3) is 0 Å². The molecule has 2 N–H and O–H groups in total. The second-order valence-corrected chi connectivity index (χ2v) is 5.22. The van der Waals surface area contributed by atoms with E-state index in [1.807, 2.05) is 12.1 Å². The molecule has 5 heteroatoms. The summed E-state index contributed by atoms with van der Waals surface area (Å²) >= 11 is 0. The molecule has 0 amide bonds. The topological polar surface area (TPSA) is 53.7 Å². The molecule has 0 radical (unpaired) electrons. The van der Waals surface area contributed by atoms with E-state index in [9.17, 15) is 4.39 Å². The number of rotatable bonds is 7. The number of ether oxygens (including phenoxy) is 3. The van der Waals surface area contributed by atoms with Crippen molar-refractivity contribution >= 4 is 0 Å². The van der Waals surface area contributed by atoms with Crippen LogP contribution in [0.2, 0.25) is 0 Å². The van der Waals surface area contributed by atoms with Crippen LogP contribution in [-0.4, -0.2) is 27.9 Å². The van der Waals surface area contributed by atoms with E-state index in [1.165, 1.54) is 12.1 Å². The fourth-order valence-electron chi connectivity index (χ4n) is 2.58. The zero-order valence-corrected chi connectivity index (χ0v) is 13.6. The van der Waals surface area contributed by atoms with Gasteiger partial charge < -0.3 is 19.9 Å². The number of hydrogen-bond donors (Lipinski definition) is 1. The third-order valence-electron chi connectivity index (χ3n) is 3.84. The van der Waals surface area contributed by atoms with E-state index in [-0.39, 0.29) is 11.7 Å². The summed E-state index contributed by atoms with van der Waals surface area (Å²) in [5.41, 5.74) is 7.96. The van der Waals surface area contributed by atoms with Crippen molar-refractivity contribution in [3.8, 4) is 17.2 Å². The van der Waals surface area contributed by atoms with Gasteiger partial charge in [0, 0.05) is 5.92 Å². The third-order valence-corrected chi connectivity index (χ3v) is 3.84. The van der Waals surface area contributed by atoms with Gasteiger partial charge in [-0.1, -0.05) is 12.1 Å². The fraction of sp³-hybridized carbons (Fsp3) is 0.333. The van der Waals surface area contributed by atoms with Gasteiger partial charge >= 0.3 is 0 Å². The van der Waals surface area contributed by atoms with E-state index in [2.05, 4.69) is 0 Å². The minimum absolute atomic E-state index is 0.0640. The van der Waals surface area contributed by atoms with Crippen LogP contribution < -0.4 is 19.9 Å². The van der Waals surface area contributed by atoms with Gasteiger partial charge in [-0.15, -0.1) is 0 Å². The van der Waals surface area contributed by atoms with Gasteiger partial charge in [-0.2, -0.15) is 0 Å². The summed E-state index contributed by atoms with van der Waals surface area (Å²) in [6.45, 7) is 0.454. The molecule has 0 fully saturated rings. The van der Waals surface area contributed by atoms with E-state index in [0.29, 0.717) is 30.2 Å². The molecular weight excluding hydrogens is 297 g/mol. The molecule has 2 aromatic rings. The highest BCUT2D eigenvalue weighted by atomic mass is 19.1. The average Bonchev–Trinajstić information content (AvgIpc) is 2.59. The van der Waals surface area contributed by atoms with Crippen LogP contribution in [0.3, 0.4) is 0 Å². The summed E-state index contributed by atoms with van der Waals surface area (Å²) in [6, 6.07) is 10.3. The molecule has 23 heavy (non-hydrogen) atoms. The Balaban J connectivity index is 2.35. The highest BCUT2D eigenvalue weighted by Crippen LogP contribution is 2.40. The van der Waals surface area contributed by atoms with E-state index in [1.54, 1.807) is 33.5 Å². The van der Waals surface area contributed by atoms with Crippen LogP contribution in [0.4, 0.5) is 4.39 Å². The first-order chi connectivity index (χ1) is 11.1. The second kappa shape index (κ2) is 7.83. The van der Waals surface area contributed by atoms with Crippen molar-refractivity contribution in [2.75, 3.05) is 27.9 Å². The van der Waals surface area contributed by atoms with E-state index in [4.69, 9.17) is 19.9 Å². The molecule has 124 valence electrons. The Labute approximate surface area is 136 Å². The lowest BCUT2D eigenvalue weighted by Gasteiger charge is -2.19. The molecule has 0 aliphatic rings. The van der Waals surface area contributed by atoms with Gasteiger partial charge in [0.1, 0.15) is 5.82 Å². The SMILES string of the molecule is COc1cc(C(CN)Cc2ccc(F)cc2)cc(OC)c1OC. The molecule has 0 saturated heterocycles. The van der Waals surface area contributed by atoms with E-state index < -0.39 is 0 Å². The van der Waals surface area contributed by atoms with Crippen molar-refractivity contribution in [1.29, 1.82) is 0 Å². The molecule has 2 aromatic carbocycles. The first kappa shape index (κ1) is 17.1. The molecule has 4 nitrogen and oxygen atoms in total. The molecule has 0 aliphatic heterocycles. The van der Waals surface area contributed by atoms with Gasteiger partial charge in [-0.3, -0.25) is 0 Å². The number of benzene rings is 2. The normalized spacial score (nSPS) is 11.9. The fourth-order valence-corrected chi connectivity index (χ4v) is 2.58. The molecule has 1 atom stereocenters. The molecule has 0 heterocycles. The van der Waals surface area contributed by atoms with Crippen LogP contribution in [0.15, 0.2) is 36.4 Å². The lowest BCUT2D eigenvalue weighted by molar-refractivity contribution is 0.323. The van der Waals surface area contributed by atoms with Gasteiger partial charge in [-0.25, -0.2) is 4.39 Å². The summed E-state index contributed by atoms with van der Waals surface area (Å²) in [4.78, 5) is 0. The van der Waals surface area contributed by atoms with Crippen molar-refractivity contribution in [3.63, 3.8) is 0 Å². The molecule has 0 spiro atoms. The Hall–Kier alpha value is -2.27. The Kier molecular flexibility index (Phi) is 5.82. The highest BCUT2D eigenvalue weighted by Gasteiger charge is 2.18. The number of hydrogen-bond acceptors (Lipinski definition) is 4. The lowest BCUT2D eigenvalue weighted by Crippen LogP contribution is -2.15. The quantitative estimate of drug-likeness (QED) is 0.852. The number of halogens is 1. The van der Waals surface area contributed by atoms with Crippen LogP contribution in [0.5, 0.6) is 17.2 Å². The van der Waals surface area contributed by atoms with Crippen molar-refractivity contribution in [2.45, 2.75) is 12.3 Å². The predicted molar refractivity (Wildman–Crippen MR) is 88.0 cm³/mol. The molecule has 1 unspecified atom stereocenters. The van der Waals surface area contributed by atoms with Crippen LogP contribution in [-0.2, 0) is 6.42 Å². The highest BCUT2D eigenvalue weighted by molar-refractivity contribution is 5.54. The Morgan fingerprint density at radius 3 is 1.96 bits per heavy atom. The molecule has 0 saturated carbocycles. The van der Waals surface area contributed by atoms with Crippen molar-refractivity contribution < 1.29 is 18.6 Å². The number of methoxy groups -OCH3 is 3. The van der Waals surface area contributed by atoms with Gasteiger partial charge in [-0.05, 0) is 48.4 Å². The third kappa shape index (κ3) is 3.93. The lowest BCUT2D eigenvalue weighted by atomic mass is 9.91. The minimum Gasteiger partial charge on any atom is -0.493 e. The van der Waals surface area contributed by atoms with Crippen LogP contribution in [0.1, 0.15) is 17.0 Å². The van der Waals surface area contributed by atoms with Gasteiger partial charge in [0.2, 0.25) is 5.75 Å². The van der Waals surface area contributed by atoms with Crippen molar-refractivity contribution in [3.05, 3.63) is 53.3 Å². The molecular formula is C18H22FNO3. The smallest absolute Gasteiger partial charge is 0.203 e. The van der Waals surface area contributed by atoms with Gasteiger partial charge in [0.15, 0.2) is 11.5 Å². The molecule has 2 rings (SSSR count). The number of nitrogens with two attached hydrogens (primary N) is 1. The summed E-state index contributed by atoms with van der Waals surface area (Å²) in [5, 5.41) is 0. The molecule has 0 aliphatic carbocycles. The predicted octanol–water partition coefficient (Wildman–Crippen LogP) is 3.14. The largest absolute Gasteiger partial charge is 0.493 e. The van der Waals surface area contributed by atoms with Gasteiger partial charge in [0.25, 0.3) is 0 Å². The van der Waals surface area contributed by atoms with Crippen molar-refractivity contribution in [1.82, 2.24) is 0 Å². The summed E-state index contributed by atoms with van der Waals surface area (Å²) in [6.07, 6.45) is 0.704. The average molecular weight is 319 g/mol. The standard InChI is InChI=1S/C18H22FNO3/c1-21-16-9-13(10-17(22-2)18(16)23-3)14(11-20)8-12-4-6-15(19)7-5-12/h4-7,9-10,14H,8,11,20H2,1-3H3. The van der Waals surface area contributed by atoms with Gasteiger partial charge in [0.05, 0.1) is 21.3 Å². The maximum absolute atomic E-state index is 13.0. The minimum atomic E-state index is -0.245. The monoisotopic (exact) mass is 319 g/mol. The zero-order valence-electron chi connectivity index (χ0n) is 13.6. The summed E-state index contributed by atoms with van der Waals surface area (Å²) in [5.74, 6) is 1.56. The Morgan fingerprint density at radius 1 is 0.957 bits per heavy atom. The summed E-state index contributed by atoms with van der Waals surface area (Å²) in [7, 11) is 4.73. The summed E-state index contributed by atoms with van der Waals surface area (Å²) < 4.78 is 29.1. The van der Waals surface area contributed by atoms with Crippen molar-refractivity contribution in [2.24, 2.45) is 5.73 Å². The molecule has 0 bridgehead atoms. The Bertz CT molecular complexity index is 618. The Morgan fingerprint density at radius 2 is 1.52 bits per heavy atom. The van der Waals surface area contributed by atoms with Crippen LogP contribution >= 0.6 is 0 Å². The van der Waals surface area contributed by atoms with E-state index in [0.717, 1.165) is 11.1 Å². The molecule has 0 aromatic heterocycles.